The minimum Gasteiger partial charge on any atom is -0.480 e. The summed E-state index contributed by atoms with van der Waals surface area (Å²) in [5, 5.41) is 14.3. The van der Waals surface area contributed by atoms with Crippen LogP contribution in [0.3, 0.4) is 0 Å². The zero-order valence-electron chi connectivity index (χ0n) is 9.54. The molecule has 5 nitrogen and oxygen atoms in total. The molecule has 0 aliphatic heterocycles. The molecule has 0 saturated heterocycles. The molecule has 5 heteroatoms. The predicted octanol–water partition coefficient (Wildman–Crippen LogP) is 0.211. The maximum atomic E-state index is 11.3. The zero-order chi connectivity index (χ0) is 11.8. The van der Waals surface area contributed by atoms with Crippen LogP contribution in [0.1, 0.15) is 27.2 Å². The van der Waals surface area contributed by atoms with Crippen molar-refractivity contribution in [2.45, 2.75) is 33.2 Å². The second kappa shape index (κ2) is 7.23. The minimum absolute atomic E-state index is 0.0620. The number of carbonyl (C=O) groups is 2. The molecule has 0 bridgehead atoms. The van der Waals surface area contributed by atoms with Crippen molar-refractivity contribution in [3.8, 4) is 0 Å². The van der Waals surface area contributed by atoms with Crippen molar-refractivity contribution in [1.82, 2.24) is 10.6 Å². The highest BCUT2D eigenvalue weighted by atomic mass is 16.4. The first kappa shape index (κ1) is 13.9. The lowest BCUT2D eigenvalue weighted by Crippen LogP contribution is -2.47. The molecular weight excluding hydrogens is 196 g/mol. The Morgan fingerprint density at radius 2 is 1.93 bits per heavy atom. The number of carboxylic acid groups (broad SMARTS) is 1. The van der Waals surface area contributed by atoms with E-state index in [1.54, 1.807) is 0 Å². The molecule has 2 atom stereocenters. The monoisotopic (exact) mass is 216 g/mol. The van der Waals surface area contributed by atoms with Gasteiger partial charge in [-0.25, -0.2) is 4.79 Å². The fraction of sp³-hybridized carbons (Fsp3) is 0.800. The Bertz CT molecular complexity index is 219. The van der Waals surface area contributed by atoms with Crippen LogP contribution in [0.4, 0.5) is 0 Å². The molecule has 0 aromatic heterocycles. The summed E-state index contributed by atoms with van der Waals surface area (Å²) in [6.45, 7) is 6.45. The third-order valence-corrected chi connectivity index (χ3v) is 2.33. The van der Waals surface area contributed by atoms with Crippen molar-refractivity contribution < 1.29 is 14.7 Å². The van der Waals surface area contributed by atoms with Crippen molar-refractivity contribution >= 4 is 11.9 Å². The van der Waals surface area contributed by atoms with Crippen LogP contribution in [0, 0.1) is 5.92 Å². The standard InChI is InChI=1S/C10H20N2O3/c1-4-7(3)9(10(14)15)12-8(13)6-11-5-2/h7,9,11H,4-6H2,1-3H3,(H,12,13)(H,14,15)/t7-,9-/m0/s1. The summed E-state index contributed by atoms with van der Waals surface area (Å²) in [5.41, 5.74) is 0. The molecule has 0 aromatic carbocycles. The van der Waals surface area contributed by atoms with Crippen molar-refractivity contribution in [3.05, 3.63) is 0 Å². The van der Waals surface area contributed by atoms with Crippen molar-refractivity contribution in [1.29, 1.82) is 0 Å². The van der Waals surface area contributed by atoms with Gasteiger partial charge in [0, 0.05) is 0 Å². The minimum atomic E-state index is -0.978. The molecule has 0 aliphatic carbocycles. The summed E-state index contributed by atoms with van der Waals surface area (Å²) in [6, 6.07) is -0.791. The van der Waals surface area contributed by atoms with Crippen LogP contribution >= 0.6 is 0 Å². The number of hydrogen-bond donors (Lipinski definition) is 3. The summed E-state index contributed by atoms with van der Waals surface area (Å²) in [4.78, 5) is 22.2. The van der Waals surface area contributed by atoms with Gasteiger partial charge >= 0.3 is 5.97 Å². The molecule has 0 radical (unpaired) electrons. The quantitative estimate of drug-likeness (QED) is 0.568. The maximum absolute atomic E-state index is 11.3. The first-order chi connectivity index (χ1) is 7.02. The van der Waals surface area contributed by atoms with E-state index in [0.29, 0.717) is 6.54 Å². The van der Waals surface area contributed by atoms with Crippen molar-refractivity contribution in [2.24, 2.45) is 5.92 Å². The molecule has 3 N–H and O–H groups in total. The molecule has 0 rings (SSSR count). The maximum Gasteiger partial charge on any atom is 0.326 e. The van der Waals surface area contributed by atoms with Crippen LogP contribution in [0.5, 0.6) is 0 Å². The van der Waals surface area contributed by atoms with E-state index < -0.39 is 12.0 Å². The number of likely N-dealkylation sites (N-methyl/N-ethyl adjacent to an activating group) is 1. The number of amides is 1. The normalized spacial score (nSPS) is 14.3. The average molecular weight is 216 g/mol. The van der Waals surface area contributed by atoms with E-state index in [1.807, 2.05) is 20.8 Å². The van der Waals surface area contributed by atoms with E-state index in [-0.39, 0.29) is 18.4 Å². The first-order valence-electron chi connectivity index (χ1n) is 5.25. The van der Waals surface area contributed by atoms with Gasteiger partial charge in [0.05, 0.1) is 6.54 Å². The first-order valence-corrected chi connectivity index (χ1v) is 5.25. The van der Waals surface area contributed by atoms with Crippen LogP contribution < -0.4 is 10.6 Å². The Kier molecular flexibility index (Phi) is 6.70. The molecule has 1 amide bonds. The molecule has 0 saturated carbocycles. The zero-order valence-corrected chi connectivity index (χ0v) is 9.54. The molecule has 0 unspecified atom stereocenters. The summed E-state index contributed by atoms with van der Waals surface area (Å²) < 4.78 is 0. The summed E-state index contributed by atoms with van der Waals surface area (Å²) in [5.74, 6) is -1.31. The highest BCUT2D eigenvalue weighted by Gasteiger charge is 2.24. The molecule has 0 heterocycles. The van der Waals surface area contributed by atoms with Crippen LogP contribution in [0.25, 0.3) is 0 Å². The lowest BCUT2D eigenvalue weighted by molar-refractivity contribution is -0.143. The number of aliphatic carboxylic acids is 1. The van der Waals surface area contributed by atoms with Crippen LogP contribution in [-0.4, -0.2) is 36.1 Å². The third kappa shape index (κ3) is 5.37. The highest BCUT2D eigenvalue weighted by molar-refractivity contribution is 5.84. The van der Waals surface area contributed by atoms with Crippen LogP contribution in [0.15, 0.2) is 0 Å². The van der Waals surface area contributed by atoms with Gasteiger partial charge in [0.1, 0.15) is 6.04 Å². The van der Waals surface area contributed by atoms with Gasteiger partial charge in [0.15, 0.2) is 0 Å². The smallest absolute Gasteiger partial charge is 0.326 e. The predicted molar refractivity (Wildman–Crippen MR) is 57.6 cm³/mol. The molecule has 0 aromatic rings. The van der Waals surface area contributed by atoms with E-state index in [0.717, 1.165) is 6.42 Å². The van der Waals surface area contributed by atoms with Gasteiger partial charge in [0.25, 0.3) is 0 Å². The van der Waals surface area contributed by atoms with Gasteiger partial charge in [-0.15, -0.1) is 0 Å². The van der Waals surface area contributed by atoms with E-state index in [2.05, 4.69) is 10.6 Å². The number of rotatable bonds is 7. The largest absolute Gasteiger partial charge is 0.480 e. The Balaban J connectivity index is 4.16. The molecule has 15 heavy (non-hydrogen) atoms. The molecule has 0 fully saturated rings. The van der Waals surface area contributed by atoms with Gasteiger partial charge in [-0.2, -0.15) is 0 Å². The van der Waals surface area contributed by atoms with Crippen LogP contribution in [-0.2, 0) is 9.59 Å². The van der Waals surface area contributed by atoms with E-state index in [9.17, 15) is 9.59 Å². The highest BCUT2D eigenvalue weighted by Crippen LogP contribution is 2.07. The van der Waals surface area contributed by atoms with Crippen molar-refractivity contribution in [3.63, 3.8) is 0 Å². The Morgan fingerprint density at radius 1 is 1.33 bits per heavy atom. The number of carbonyl (C=O) groups excluding carboxylic acids is 1. The summed E-state index contributed by atoms with van der Waals surface area (Å²) in [7, 11) is 0. The Morgan fingerprint density at radius 3 is 2.33 bits per heavy atom. The topological polar surface area (TPSA) is 78.4 Å². The molecular formula is C10H20N2O3. The molecule has 88 valence electrons. The number of hydrogen-bond acceptors (Lipinski definition) is 3. The summed E-state index contributed by atoms with van der Waals surface area (Å²) >= 11 is 0. The SMILES string of the molecule is CCNCC(=O)N[C@H](C(=O)O)[C@@H](C)CC. The van der Waals surface area contributed by atoms with Gasteiger partial charge < -0.3 is 15.7 Å². The Labute approximate surface area is 90.2 Å². The molecule has 0 aliphatic rings. The van der Waals surface area contributed by atoms with Crippen molar-refractivity contribution in [2.75, 3.05) is 13.1 Å². The van der Waals surface area contributed by atoms with Gasteiger partial charge in [-0.05, 0) is 12.5 Å². The Hall–Kier alpha value is -1.10. The van der Waals surface area contributed by atoms with E-state index in [4.69, 9.17) is 5.11 Å². The third-order valence-electron chi connectivity index (χ3n) is 2.33. The second-order valence-electron chi connectivity index (χ2n) is 3.55. The summed E-state index contributed by atoms with van der Waals surface area (Å²) in [6.07, 6.45) is 0.721. The fourth-order valence-corrected chi connectivity index (χ4v) is 1.15. The second-order valence-corrected chi connectivity index (χ2v) is 3.55. The van der Waals surface area contributed by atoms with Gasteiger partial charge in [-0.1, -0.05) is 27.2 Å². The molecule has 0 spiro atoms. The fourth-order valence-electron chi connectivity index (χ4n) is 1.15. The van der Waals surface area contributed by atoms with E-state index >= 15 is 0 Å². The van der Waals surface area contributed by atoms with Crippen LogP contribution in [0.2, 0.25) is 0 Å². The number of carboxylic acids is 1. The lowest BCUT2D eigenvalue weighted by Gasteiger charge is -2.20. The number of nitrogens with one attached hydrogen (secondary N) is 2. The van der Waals surface area contributed by atoms with Gasteiger partial charge in [0.2, 0.25) is 5.91 Å². The lowest BCUT2D eigenvalue weighted by atomic mass is 9.99. The average Bonchev–Trinajstić information content (AvgIpc) is 2.21. The van der Waals surface area contributed by atoms with Gasteiger partial charge in [-0.3, -0.25) is 4.79 Å². The van der Waals surface area contributed by atoms with E-state index in [1.165, 1.54) is 0 Å².